The van der Waals surface area contributed by atoms with Crippen molar-refractivity contribution in [3.63, 3.8) is 0 Å². The molecule has 0 saturated carbocycles. The van der Waals surface area contributed by atoms with E-state index in [0.29, 0.717) is 5.92 Å². The zero-order chi connectivity index (χ0) is 12.1. The molecule has 0 amide bonds. The molecule has 17 heavy (non-hydrogen) atoms. The molecule has 1 aromatic carbocycles. The highest BCUT2D eigenvalue weighted by Gasteiger charge is 2.00. The number of benzene rings is 1. The molecule has 1 heterocycles. The van der Waals surface area contributed by atoms with Crippen LogP contribution in [0.5, 0.6) is 0 Å². The van der Waals surface area contributed by atoms with Crippen LogP contribution < -0.4 is 5.32 Å². The summed E-state index contributed by atoms with van der Waals surface area (Å²) in [6, 6.07) is 10.2. The first-order valence-electron chi connectivity index (χ1n) is 6.05. The van der Waals surface area contributed by atoms with Crippen LogP contribution >= 0.6 is 0 Å². The molecule has 0 aliphatic carbocycles. The topological polar surface area (TPSA) is 29.9 Å². The minimum Gasteiger partial charge on any atom is -0.312 e. The van der Waals surface area contributed by atoms with Crippen LogP contribution in [0.1, 0.15) is 19.4 Å². The molecule has 0 aliphatic rings. The van der Waals surface area contributed by atoms with Crippen LogP contribution in [-0.2, 0) is 6.54 Å². The van der Waals surface area contributed by atoms with Crippen molar-refractivity contribution < 1.29 is 0 Å². The Balaban J connectivity index is 1.97. The Morgan fingerprint density at radius 2 is 2.00 bits per heavy atom. The van der Waals surface area contributed by atoms with Gasteiger partial charge in [0.05, 0.1) is 11.9 Å². The normalized spacial score (nSPS) is 11.0. The Morgan fingerprint density at radius 3 is 2.71 bits per heavy atom. The molecule has 1 N–H and O–H groups in total. The smallest absolute Gasteiger partial charge is 0.0645 e. The summed E-state index contributed by atoms with van der Waals surface area (Å²) in [6.45, 7) is 6.34. The Bertz CT molecular complexity index is 446. The fourth-order valence-corrected chi connectivity index (χ4v) is 1.68. The van der Waals surface area contributed by atoms with Gasteiger partial charge in [0.2, 0.25) is 0 Å². The molecule has 1 aromatic heterocycles. The minimum absolute atomic E-state index is 0.680. The fraction of sp³-hybridized carbons (Fsp3) is 0.357. The highest BCUT2D eigenvalue weighted by atomic mass is 15.3. The van der Waals surface area contributed by atoms with E-state index in [1.165, 1.54) is 5.56 Å². The summed E-state index contributed by atoms with van der Waals surface area (Å²) in [5, 5.41) is 7.77. The molecule has 3 nitrogen and oxygen atoms in total. The summed E-state index contributed by atoms with van der Waals surface area (Å²) >= 11 is 0. The minimum atomic E-state index is 0.680. The molecule has 2 rings (SSSR count). The van der Waals surface area contributed by atoms with E-state index < -0.39 is 0 Å². The zero-order valence-electron chi connectivity index (χ0n) is 10.4. The first-order chi connectivity index (χ1) is 8.25. The summed E-state index contributed by atoms with van der Waals surface area (Å²) in [6.07, 6.45) is 3.99. The second-order valence-electron chi connectivity index (χ2n) is 4.65. The van der Waals surface area contributed by atoms with Gasteiger partial charge in [0.15, 0.2) is 0 Å². The van der Waals surface area contributed by atoms with E-state index in [4.69, 9.17) is 0 Å². The first kappa shape index (κ1) is 11.9. The van der Waals surface area contributed by atoms with Crippen molar-refractivity contribution in [1.29, 1.82) is 0 Å². The number of hydrogen-bond donors (Lipinski definition) is 1. The molecule has 2 aromatic rings. The predicted octanol–water partition coefficient (Wildman–Crippen LogP) is 2.62. The van der Waals surface area contributed by atoms with Crippen LogP contribution in [0.2, 0.25) is 0 Å². The SMILES string of the molecule is CC(C)CNCc1cnn(-c2ccccc2)c1. The zero-order valence-corrected chi connectivity index (χ0v) is 10.4. The maximum Gasteiger partial charge on any atom is 0.0645 e. The predicted molar refractivity (Wildman–Crippen MR) is 70.1 cm³/mol. The van der Waals surface area contributed by atoms with E-state index in [1.807, 2.05) is 29.1 Å². The monoisotopic (exact) mass is 229 g/mol. The van der Waals surface area contributed by atoms with Gasteiger partial charge in [-0.3, -0.25) is 0 Å². The van der Waals surface area contributed by atoms with Gasteiger partial charge in [-0.05, 0) is 24.6 Å². The molecule has 0 radical (unpaired) electrons. The molecule has 0 saturated heterocycles. The van der Waals surface area contributed by atoms with Crippen LogP contribution in [0.3, 0.4) is 0 Å². The lowest BCUT2D eigenvalue weighted by Gasteiger charge is -2.05. The summed E-state index contributed by atoms with van der Waals surface area (Å²) in [5.74, 6) is 0.680. The van der Waals surface area contributed by atoms with E-state index in [2.05, 4.69) is 42.6 Å². The Morgan fingerprint density at radius 1 is 1.24 bits per heavy atom. The molecule has 0 atom stereocenters. The summed E-state index contributed by atoms with van der Waals surface area (Å²) in [5.41, 5.74) is 2.32. The van der Waals surface area contributed by atoms with E-state index in [9.17, 15) is 0 Å². The van der Waals surface area contributed by atoms with Crippen molar-refractivity contribution >= 4 is 0 Å². The van der Waals surface area contributed by atoms with Crippen LogP contribution in [0.15, 0.2) is 42.7 Å². The number of nitrogens with one attached hydrogen (secondary N) is 1. The quantitative estimate of drug-likeness (QED) is 0.854. The molecule has 0 spiro atoms. The van der Waals surface area contributed by atoms with Gasteiger partial charge in [-0.2, -0.15) is 5.10 Å². The lowest BCUT2D eigenvalue weighted by atomic mass is 10.2. The van der Waals surface area contributed by atoms with E-state index in [0.717, 1.165) is 18.8 Å². The third-order valence-corrected chi connectivity index (χ3v) is 2.54. The van der Waals surface area contributed by atoms with Crippen molar-refractivity contribution in [2.75, 3.05) is 6.54 Å². The second-order valence-corrected chi connectivity index (χ2v) is 4.65. The standard InChI is InChI=1S/C14H19N3/c1-12(2)8-15-9-13-10-16-17(11-13)14-6-4-3-5-7-14/h3-7,10-12,15H,8-9H2,1-2H3. The first-order valence-corrected chi connectivity index (χ1v) is 6.05. The average molecular weight is 229 g/mol. The number of aromatic nitrogens is 2. The summed E-state index contributed by atoms with van der Waals surface area (Å²) in [7, 11) is 0. The number of rotatable bonds is 5. The van der Waals surface area contributed by atoms with Crippen LogP contribution in [0, 0.1) is 5.92 Å². The van der Waals surface area contributed by atoms with Gasteiger partial charge in [-0.15, -0.1) is 0 Å². The number of para-hydroxylation sites is 1. The van der Waals surface area contributed by atoms with Gasteiger partial charge in [0, 0.05) is 18.3 Å². The van der Waals surface area contributed by atoms with Gasteiger partial charge in [0.1, 0.15) is 0 Å². The lowest BCUT2D eigenvalue weighted by molar-refractivity contribution is 0.552. The molecular weight excluding hydrogens is 210 g/mol. The fourth-order valence-electron chi connectivity index (χ4n) is 1.68. The van der Waals surface area contributed by atoms with E-state index >= 15 is 0 Å². The maximum absolute atomic E-state index is 4.36. The molecule has 0 fully saturated rings. The lowest BCUT2D eigenvalue weighted by Crippen LogP contribution is -2.18. The van der Waals surface area contributed by atoms with Crippen molar-refractivity contribution in [3.8, 4) is 5.69 Å². The van der Waals surface area contributed by atoms with Crippen molar-refractivity contribution in [1.82, 2.24) is 15.1 Å². The van der Waals surface area contributed by atoms with Crippen molar-refractivity contribution in [3.05, 3.63) is 48.3 Å². The Hall–Kier alpha value is -1.61. The number of hydrogen-bond acceptors (Lipinski definition) is 2. The molecule has 0 unspecified atom stereocenters. The summed E-state index contributed by atoms with van der Waals surface area (Å²) in [4.78, 5) is 0. The van der Waals surface area contributed by atoms with E-state index in [1.54, 1.807) is 0 Å². The highest BCUT2D eigenvalue weighted by molar-refractivity contribution is 5.30. The van der Waals surface area contributed by atoms with Gasteiger partial charge in [-0.25, -0.2) is 4.68 Å². The van der Waals surface area contributed by atoms with E-state index in [-0.39, 0.29) is 0 Å². The third kappa shape index (κ3) is 3.43. The maximum atomic E-state index is 4.36. The van der Waals surface area contributed by atoms with Crippen molar-refractivity contribution in [2.45, 2.75) is 20.4 Å². The highest BCUT2D eigenvalue weighted by Crippen LogP contribution is 2.07. The van der Waals surface area contributed by atoms with Crippen molar-refractivity contribution in [2.24, 2.45) is 5.92 Å². The average Bonchev–Trinajstić information content (AvgIpc) is 2.78. The Labute approximate surface area is 102 Å². The Kier molecular flexibility index (Phi) is 3.94. The molecule has 90 valence electrons. The van der Waals surface area contributed by atoms with Gasteiger partial charge < -0.3 is 5.32 Å². The molecular formula is C14H19N3. The van der Waals surface area contributed by atoms with Gasteiger partial charge in [-0.1, -0.05) is 32.0 Å². The summed E-state index contributed by atoms with van der Waals surface area (Å²) < 4.78 is 1.91. The second kappa shape index (κ2) is 5.64. The van der Waals surface area contributed by atoms with Crippen LogP contribution in [0.25, 0.3) is 5.69 Å². The number of nitrogens with zero attached hydrogens (tertiary/aromatic N) is 2. The van der Waals surface area contributed by atoms with Gasteiger partial charge >= 0.3 is 0 Å². The van der Waals surface area contributed by atoms with Crippen LogP contribution in [-0.4, -0.2) is 16.3 Å². The van der Waals surface area contributed by atoms with Gasteiger partial charge in [0.25, 0.3) is 0 Å². The molecule has 3 heteroatoms. The molecule has 0 bridgehead atoms. The van der Waals surface area contributed by atoms with Crippen LogP contribution in [0.4, 0.5) is 0 Å². The third-order valence-electron chi connectivity index (χ3n) is 2.54. The largest absolute Gasteiger partial charge is 0.312 e. The molecule has 0 aliphatic heterocycles.